The van der Waals surface area contributed by atoms with Crippen LogP contribution in [0.1, 0.15) is 40.0 Å². The predicted octanol–water partition coefficient (Wildman–Crippen LogP) is 4.49. The summed E-state index contributed by atoms with van der Waals surface area (Å²) in [6.07, 6.45) is 3.83. The summed E-state index contributed by atoms with van der Waals surface area (Å²) in [6.45, 7) is 6.19. The number of hydrogen-bond acceptors (Lipinski definition) is 1. The third-order valence-corrected chi connectivity index (χ3v) is 2.97. The highest BCUT2D eigenvalue weighted by Gasteiger charge is 2.31. The van der Waals surface area contributed by atoms with Crippen LogP contribution in [0, 0.1) is 5.92 Å². The van der Waals surface area contributed by atoms with Crippen LogP contribution in [0.25, 0.3) is 0 Å². The molecule has 0 aromatic rings. The number of halogens is 3. The molecule has 4 heteroatoms. The third kappa shape index (κ3) is 8.38. The summed E-state index contributed by atoms with van der Waals surface area (Å²) in [5.74, 6) is 0.353. The van der Waals surface area contributed by atoms with Crippen LogP contribution >= 0.6 is 34.8 Å². The average Bonchev–Trinajstić information content (AvgIpc) is 2.01. The fraction of sp³-hybridized carbons (Fsp3) is 0.818. The van der Waals surface area contributed by atoms with Gasteiger partial charge in [0.05, 0.1) is 0 Å². The van der Waals surface area contributed by atoms with Crippen molar-refractivity contribution in [3.63, 3.8) is 0 Å². The lowest BCUT2D eigenvalue weighted by atomic mass is 9.98. The quantitative estimate of drug-likeness (QED) is 0.578. The Morgan fingerprint density at radius 2 is 1.87 bits per heavy atom. The molecule has 0 bridgehead atoms. The van der Waals surface area contributed by atoms with E-state index < -0.39 is 9.90 Å². The van der Waals surface area contributed by atoms with Gasteiger partial charge < -0.3 is 5.11 Å². The van der Waals surface area contributed by atoms with Crippen LogP contribution in [-0.4, -0.2) is 15.0 Å². The van der Waals surface area contributed by atoms with Crippen molar-refractivity contribution in [1.29, 1.82) is 0 Å². The summed E-state index contributed by atoms with van der Waals surface area (Å²) in [4.78, 5) is 0. The first-order valence-electron chi connectivity index (χ1n) is 5.11. The van der Waals surface area contributed by atoms with Gasteiger partial charge in [-0.15, -0.1) is 0 Å². The summed E-state index contributed by atoms with van der Waals surface area (Å²) in [5, 5.41) is 9.55. The Kier molecular flexibility index (Phi) is 7.27. The van der Waals surface area contributed by atoms with E-state index in [4.69, 9.17) is 34.8 Å². The summed E-state index contributed by atoms with van der Waals surface area (Å²) in [5.41, 5.74) is 1.31. The molecule has 90 valence electrons. The van der Waals surface area contributed by atoms with Crippen LogP contribution in [0.15, 0.2) is 11.6 Å². The van der Waals surface area contributed by atoms with E-state index in [0.717, 1.165) is 12.8 Å². The standard InChI is InChI=1S/C11H19Cl3O/c1-8(2)5-4-6-9(3)7-10(15)11(12,13)14/h5,9-10,15H,4,6-7H2,1-3H3. The Morgan fingerprint density at radius 3 is 2.27 bits per heavy atom. The van der Waals surface area contributed by atoms with E-state index in [2.05, 4.69) is 26.8 Å². The van der Waals surface area contributed by atoms with Crippen LogP contribution in [0.2, 0.25) is 0 Å². The van der Waals surface area contributed by atoms with Gasteiger partial charge in [-0.1, -0.05) is 53.4 Å². The minimum Gasteiger partial charge on any atom is -0.389 e. The monoisotopic (exact) mass is 272 g/mol. The third-order valence-electron chi connectivity index (χ3n) is 2.22. The van der Waals surface area contributed by atoms with E-state index in [1.165, 1.54) is 5.57 Å². The van der Waals surface area contributed by atoms with E-state index in [1.54, 1.807) is 0 Å². The lowest BCUT2D eigenvalue weighted by Crippen LogP contribution is -2.27. The Balaban J connectivity index is 3.84. The van der Waals surface area contributed by atoms with Gasteiger partial charge in [-0.3, -0.25) is 0 Å². The van der Waals surface area contributed by atoms with Gasteiger partial charge in [0, 0.05) is 0 Å². The van der Waals surface area contributed by atoms with Gasteiger partial charge in [-0.05, 0) is 39.0 Å². The molecule has 0 aliphatic rings. The van der Waals surface area contributed by atoms with E-state index in [1.807, 2.05) is 0 Å². The molecule has 0 amide bonds. The second-order valence-corrected chi connectivity index (χ2v) is 6.63. The molecule has 15 heavy (non-hydrogen) atoms. The van der Waals surface area contributed by atoms with Gasteiger partial charge in [-0.25, -0.2) is 0 Å². The van der Waals surface area contributed by atoms with Crippen molar-refractivity contribution in [2.45, 2.75) is 49.9 Å². The maximum absolute atomic E-state index is 9.55. The second-order valence-electron chi connectivity index (χ2n) is 4.26. The summed E-state index contributed by atoms with van der Waals surface area (Å²) >= 11 is 16.7. The average molecular weight is 274 g/mol. The fourth-order valence-electron chi connectivity index (χ4n) is 1.29. The number of aliphatic hydroxyl groups is 1. The number of aliphatic hydroxyl groups excluding tert-OH is 1. The van der Waals surface area contributed by atoms with Crippen molar-refractivity contribution >= 4 is 34.8 Å². The Morgan fingerprint density at radius 1 is 1.33 bits per heavy atom. The molecule has 2 unspecified atom stereocenters. The van der Waals surface area contributed by atoms with Gasteiger partial charge in [-0.2, -0.15) is 0 Å². The van der Waals surface area contributed by atoms with Gasteiger partial charge in [0.15, 0.2) is 0 Å². The first kappa shape index (κ1) is 15.6. The molecule has 0 aromatic heterocycles. The maximum atomic E-state index is 9.55. The van der Waals surface area contributed by atoms with Crippen LogP contribution in [0.3, 0.4) is 0 Å². The molecule has 2 atom stereocenters. The van der Waals surface area contributed by atoms with Crippen LogP contribution in [0.4, 0.5) is 0 Å². The van der Waals surface area contributed by atoms with Gasteiger partial charge >= 0.3 is 0 Å². The maximum Gasteiger partial charge on any atom is 0.216 e. The Labute approximate surface area is 107 Å². The zero-order valence-electron chi connectivity index (χ0n) is 9.43. The minimum atomic E-state index is -1.56. The molecule has 1 nitrogen and oxygen atoms in total. The summed E-state index contributed by atoms with van der Waals surface area (Å²) < 4.78 is -1.56. The van der Waals surface area contributed by atoms with Crippen molar-refractivity contribution < 1.29 is 5.11 Å². The molecule has 0 heterocycles. The number of allylic oxidation sites excluding steroid dienone is 2. The van der Waals surface area contributed by atoms with E-state index in [9.17, 15) is 5.11 Å². The summed E-state index contributed by atoms with van der Waals surface area (Å²) in [7, 11) is 0. The van der Waals surface area contributed by atoms with Gasteiger partial charge in [0.25, 0.3) is 0 Å². The molecule has 0 spiro atoms. The molecule has 0 rings (SSSR count). The molecule has 0 fully saturated rings. The molecule has 0 aromatic carbocycles. The fourth-order valence-corrected chi connectivity index (χ4v) is 1.56. The van der Waals surface area contributed by atoms with Gasteiger partial charge in [0.2, 0.25) is 3.79 Å². The van der Waals surface area contributed by atoms with Crippen molar-refractivity contribution in [2.75, 3.05) is 0 Å². The van der Waals surface area contributed by atoms with Crippen molar-refractivity contribution in [2.24, 2.45) is 5.92 Å². The highest BCUT2D eigenvalue weighted by Crippen LogP contribution is 2.33. The summed E-state index contributed by atoms with van der Waals surface area (Å²) in [6, 6.07) is 0. The molecular formula is C11H19Cl3O. The normalized spacial score (nSPS) is 15.9. The highest BCUT2D eigenvalue weighted by molar-refractivity contribution is 6.68. The molecule has 0 aliphatic heterocycles. The first-order chi connectivity index (χ1) is 6.73. The van der Waals surface area contributed by atoms with Crippen LogP contribution in [-0.2, 0) is 0 Å². The molecule has 0 aliphatic carbocycles. The number of rotatable bonds is 5. The van der Waals surface area contributed by atoms with Crippen LogP contribution in [0.5, 0.6) is 0 Å². The number of hydrogen-bond donors (Lipinski definition) is 1. The molecular weight excluding hydrogens is 254 g/mol. The zero-order chi connectivity index (χ0) is 12.1. The molecule has 1 N–H and O–H groups in total. The predicted molar refractivity (Wildman–Crippen MR) is 68.7 cm³/mol. The first-order valence-corrected chi connectivity index (χ1v) is 6.25. The lowest BCUT2D eigenvalue weighted by molar-refractivity contribution is 0.147. The zero-order valence-corrected chi connectivity index (χ0v) is 11.7. The topological polar surface area (TPSA) is 20.2 Å². The van der Waals surface area contributed by atoms with Crippen molar-refractivity contribution in [3.05, 3.63) is 11.6 Å². The number of alkyl halides is 3. The largest absolute Gasteiger partial charge is 0.389 e. The van der Waals surface area contributed by atoms with Crippen molar-refractivity contribution in [1.82, 2.24) is 0 Å². The van der Waals surface area contributed by atoms with Gasteiger partial charge in [0.1, 0.15) is 6.10 Å². The Hall–Kier alpha value is 0.570. The SMILES string of the molecule is CC(C)=CCCC(C)CC(O)C(Cl)(Cl)Cl. The Bertz CT molecular complexity index is 204. The lowest BCUT2D eigenvalue weighted by Gasteiger charge is -2.22. The van der Waals surface area contributed by atoms with E-state index >= 15 is 0 Å². The minimum absolute atomic E-state index is 0.353. The van der Waals surface area contributed by atoms with E-state index in [-0.39, 0.29) is 0 Å². The second kappa shape index (κ2) is 7.01. The van der Waals surface area contributed by atoms with E-state index in [0.29, 0.717) is 12.3 Å². The molecule has 0 radical (unpaired) electrons. The van der Waals surface area contributed by atoms with Crippen LogP contribution < -0.4 is 0 Å². The van der Waals surface area contributed by atoms with Crippen molar-refractivity contribution in [3.8, 4) is 0 Å². The highest BCUT2D eigenvalue weighted by atomic mass is 35.6. The molecule has 0 saturated carbocycles. The smallest absolute Gasteiger partial charge is 0.216 e. The molecule has 0 saturated heterocycles.